The molecule has 0 unspecified atom stereocenters. The van der Waals surface area contributed by atoms with Crippen LogP contribution < -0.4 is 15.5 Å². The van der Waals surface area contributed by atoms with Crippen LogP contribution >= 0.6 is 0 Å². The van der Waals surface area contributed by atoms with Crippen molar-refractivity contribution in [1.29, 1.82) is 0 Å². The zero-order valence-electron chi connectivity index (χ0n) is 14.3. The van der Waals surface area contributed by atoms with Crippen LogP contribution in [0, 0.1) is 0 Å². The third-order valence-corrected chi connectivity index (χ3v) is 4.30. The van der Waals surface area contributed by atoms with Crippen molar-refractivity contribution in [2.75, 3.05) is 31.6 Å². The maximum atomic E-state index is 11.6. The highest BCUT2D eigenvalue weighted by molar-refractivity contribution is 5.78. The largest absolute Gasteiger partial charge is 0.371 e. The number of carbonyl (C=O) groups is 1. The highest BCUT2D eigenvalue weighted by Crippen LogP contribution is 2.26. The predicted octanol–water partition coefficient (Wildman–Crippen LogP) is 2.29. The first-order valence-corrected chi connectivity index (χ1v) is 8.19. The van der Waals surface area contributed by atoms with Crippen LogP contribution in [0.25, 0.3) is 0 Å². The van der Waals surface area contributed by atoms with Gasteiger partial charge in [-0.15, -0.1) is 0 Å². The summed E-state index contributed by atoms with van der Waals surface area (Å²) >= 11 is 0. The first kappa shape index (κ1) is 16.8. The second kappa shape index (κ2) is 7.14. The van der Waals surface area contributed by atoms with E-state index in [1.165, 1.54) is 11.3 Å². The average molecular weight is 303 g/mol. The van der Waals surface area contributed by atoms with Crippen molar-refractivity contribution < 1.29 is 4.79 Å². The second-order valence-corrected chi connectivity index (χ2v) is 7.16. The summed E-state index contributed by atoms with van der Waals surface area (Å²) in [6.45, 7) is 9.11. The number of carbonyl (C=O) groups excluding carboxylic acids is 1. The van der Waals surface area contributed by atoms with E-state index in [-0.39, 0.29) is 11.3 Å². The maximum Gasteiger partial charge on any atom is 0.234 e. The minimum absolute atomic E-state index is 0.0930. The summed E-state index contributed by atoms with van der Waals surface area (Å²) in [6, 6.07) is 9.22. The number of likely N-dealkylation sites (N-methyl/N-ethyl adjacent to an activating group) is 1. The lowest BCUT2D eigenvalue weighted by Gasteiger charge is -2.34. The molecule has 0 saturated carbocycles. The molecule has 1 aromatic rings. The molecule has 1 saturated heterocycles. The van der Waals surface area contributed by atoms with E-state index in [0.29, 0.717) is 12.6 Å². The summed E-state index contributed by atoms with van der Waals surface area (Å²) in [5, 5.41) is 5.98. The Morgan fingerprint density at radius 1 is 1.18 bits per heavy atom. The van der Waals surface area contributed by atoms with Gasteiger partial charge in [0.25, 0.3) is 0 Å². The van der Waals surface area contributed by atoms with Gasteiger partial charge in [0.1, 0.15) is 0 Å². The molecule has 0 spiro atoms. The van der Waals surface area contributed by atoms with Gasteiger partial charge < -0.3 is 15.5 Å². The van der Waals surface area contributed by atoms with E-state index >= 15 is 0 Å². The number of anilines is 1. The van der Waals surface area contributed by atoms with Crippen molar-refractivity contribution in [3.05, 3.63) is 29.8 Å². The molecule has 0 bridgehead atoms. The molecule has 0 aliphatic carbocycles. The molecule has 0 aromatic heterocycles. The molecular weight excluding hydrogens is 274 g/mol. The normalized spacial score (nSPS) is 16.6. The molecule has 2 rings (SSSR count). The molecule has 1 aliphatic heterocycles. The predicted molar refractivity (Wildman–Crippen MR) is 92.4 cm³/mol. The fraction of sp³-hybridized carbons (Fsp3) is 0.611. The van der Waals surface area contributed by atoms with Gasteiger partial charge >= 0.3 is 0 Å². The molecule has 0 atom stereocenters. The van der Waals surface area contributed by atoms with Crippen molar-refractivity contribution in [3.63, 3.8) is 0 Å². The minimum Gasteiger partial charge on any atom is -0.371 e. The minimum atomic E-state index is 0.0930. The quantitative estimate of drug-likeness (QED) is 0.897. The van der Waals surface area contributed by atoms with Crippen LogP contribution in [0.15, 0.2) is 24.3 Å². The van der Waals surface area contributed by atoms with Gasteiger partial charge in [0.15, 0.2) is 0 Å². The number of hydrogen-bond acceptors (Lipinski definition) is 3. The fourth-order valence-electron chi connectivity index (χ4n) is 2.89. The Morgan fingerprint density at radius 3 is 2.27 bits per heavy atom. The first-order chi connectivity index (χ1) is 10.4. The molecule has 4 heteroatoms. The van der Waals surface area contributed by atoms with E-state index in [0.717, 1.165) is 25.9 Å². The number of hydrogen-bond donors (Lipinski definition) is 2. The van der Waals surface area contributed by atoms with Crippen LogP contribution in [0.3, 0.4) is 0 Å². The Bertz CT molecular complexity index is 482. The Labute approximate surface area is 134 Å². The van der Waals surface area contributed by atoms with E-state index in [1.807, 2.05) is 0 Å². The van der Waals surface area contributed by atoms with Gasteiger partial charge in [0, 0.05) is 24.8 Å². The van der Waals surface area contributed by atoms with Crippen LogP contribution in [0.1, 0.15) is 39.2 Å². The van der Waals surface area contributed by atoms with Crippen molar-refractivity contribution in [2.24, 2.45) is 0 Å². The van der Waals surface area contributed by atoms with Gasteiger partial charge in [-0.2, -0.15) is 0 Å². The Balaban J connectivity index is 1.88. The molecule has 22 heavy (non-hydrogen) atoms. The molecule has 122 valence electrons. The Morgan fingerprint density at radius 2 is 1.77 bits per heavy atom. The van der Waals surface area contributed by atoms with Crippen molar-refractivity contribution in [2.45, 2.75) is 45.1 Å². The van der Waals surface area contributed by atoms with E-state index < -0.39 is 0 Å². The number of nitrogens with zero attached hydrogens (tertiary/aromatic N) is 1. The van der Waals surface area contributed by atoms with Crippen molar-refractivity contribution in [3.8, 4) is 0 Å². The Kier molecular flexibility index (Phi) is 5.46. The topological polar surface area (TPSA) is 44.4 Å². The van der Waals surface area contributed by atoms with Gasteiger partial charge in [-0.1, -0.05) is 32.9 Å². The van der Waals surface area contributed by atoms with Gasteiger partial charge in [-0.25, -0.2) is 0 Å². The molecular formula is C18H29N3O. The van der Waals surface area contributed by atoms with Gasteiger partial charge in [-0.3, -0.25) is 4.79 Å². The number of piperidine rings is 1. The molecule has 1 heterocycles. The SMILES string of the molecule is CNCC(=O)NC1CCN(c2ccc(C(C)(C)C)cc2)CC1. The Hall–Kier alpha value is -1.55. The van der Waals surface area contributed by atoms with E-state index in [2.05, 4.69) is 60.6 Å². The smallest absolute Gasteiger partial charge is 0.234 e. The third-order valence-electron chi connectivity index (χ3n) is 4.30. The third kappa shape index (κ3) is 4.47. The monoisotopic (exact) mass is 303 g/mol. The lowest BCUT2D eigenvalue weighted by Crippen LogP contribution is -2.46. The molecule has 1 aliphatic rings. The van der Waals surface area contributed by atoms with Crippen LogP contribution in [-0.4, -0.2) is 38.6 Å². The lowest BCUT2D eigenvalue weighted by molar-refractivity contribution is -0.120. The zero-order chi connectivity index (χ0) is 16.2. The van der Waals surface area contributed by atoms with Crippen LogP contribution in [0.5, 0.6) is 0 Å². The molecule has 1 fully saturated rings. The fourth-order valence-corrected chi connectivity index (χ4v) is 2.89. The summed E-state index contributed by atoms with van der Waals surface area (Å²) < 4.78 is 0. The standard InChI is InChI=1S/C18H29N3O/c1-18(2,3)14-5-7-16(8-6-14)21-11-9-15(10-12-21)20-17(22)13-19-4/h5-8,15,19H,9-13H2,1-4H3,(H,20,22). The lowest BCUT2D eigenvalue weighted by atomic mass is 9.87. The highest BCUT2D eigenvalue weighted by Gasteiger charge is 2.21. The number of amides is 1. The van der Waals surface area contributed by atoms with Crippen LogP contribution in [0.2, 0.25) is 0 Å². The number of rotatable bonds is 4. The average Bonchev–Trinajstić information content (AvgIpc) is 2.47. The van der Waals surface area contributed by atoms with Crippen LogP contribution in [-0.2, 0) is 10.2 Å². The van der Waals surface area contributed by atoms with Crippen molar-refractivity contribution in [1.82, 2.24) is 10.6 Å². The van der Waals surface area contributed by atoms with Gasteiger partial charge in [0.2, 0.25) is 5.91 Å². The van der Waals surface area contributed by atoms with E-state index in [4.69, 9.17) is 0 Å². The summed E-state index contributed by atoms with van der Waals surface area (Å²) in [7, 11) is 1.80. The van der Waals surface area contributed by atoms with E-state index in [1.54, 1.807) is 7.05 Å². The van der Waals surface area contributed by atoms with Crippen LogP contribution in [0.4, 0.5) is 5.69 Å². The summed E-state index contributed by atoms with van der Waals surface area (Å²) in [4.78, 5) is 14.0. The first-order valence-electron chi connectivity index (χ1n) is 8.19. The molecule has 0 radical (unpaired) electrons. The van der Waals surface area contributed by atoms with Gasteiger partial charge in [0.05, 0.1) is 6.54 Å². The summed E-state index contributed by atoms with van der Waals surface area (Å²) in [6.07, 6.45) is 2.02. The van der Waals surface area contributed by atoms with Crippen molar-refractivity contribution >= 4 is 11.6 Å². The highest BCUT2D eigenvalue weighted by atomic mass is 16.1. The second-order valence-electron chi connectivity index (χ2n) is 7.16. The molecule has 4 nitrogen and oxygen atoms in total. The molecule has 1 amide bonds. The van der Waals surface area contributed by atoms with Gasteiger partial charge in [-0.05, 0) is 43.0 Å². The summed E-state index contributed by atoms with van der Waals surface area (Å²) in [5.74, 6) is 0.0930. The number of nitrogens with one attached hydrogen (secondary N) is 2. The van der Waals surface area contributed by atoms with E-state index in [9.17, 15) is 4.79 Å². The zero-order valence-corrected chi connectivity index (χ0v) is 14.3. The molecule has 1 aromatic carbocycles. The summed E-state index contributed by atoms with van der Waals surface area (Å²) in [5.41, 5.74) is 2.85. The molecule has 2 N–H and O–H groups in total. The number of benzene rings is 1. The maximum absolute atomic E-state index is 11.6.